The van der Waals surface area contributed by atoms with Crippen LogP contribution in [0.25, 0.3) is 11.0 Å². The summed E-state index contributed by atoms with van der Waals surface area (Å²) in [6.45, 7) is 4.59. The molecule has 1 unspecified atom stereocenters. The first kappa shape index (κ1) is 13.1. The molecule has 1 aliphatic heterocycles. The van der Waals surface area contributed by atoms with Gasteiger partial charge in [0.1, 0.15) is 11.9 Å². The van der Waals surface area contributed by atoms with Gasteiger partial charge in [-0.15, -0.1) is 0 Å². The van der Waals surface area contributed by atoms with Crippen LogP contribution in [0.5, 0.6) is 0 Å². The number of benzene rings is 1. The van der Waals surface area contributed by atoms with Crippen molar-refractivity contribution in [1.82, 2.24) is 14.5 Å². The molecule has 20 heavy (non-hydrogen) atoms. The minimum absolute atomic E-state index is 0.597. The molecule has 0 spiro atoms. The number of fused-ring (bicyclic) bond motifs is 1. The van der Waals surface area contributed by atoms with Gasteiger partial charge in [0.05, 0.1) is 17.6 Å². The lowest BCUT2D eigenvalue weighted by Crippen LogP contribution is -2.24. The van der Waals surface area contributed by atoms with Gasteiger partial charge in [-0.25, -0.2) is 9.78 Å². The normalized spacial score (nSPS) is 17.6. The molecule has 1 N–H and O–H groups in total. The van der Waals surface area contributed by atoms with Crippen LogP contribution in [0.1, 0.15) is 31.6 Å². The van der Waals surface area contributed by atoms with E-state index in [0.29, 0.717) is 0 Å². The highest BCUT2D eigenvalue weighted by Crippen LogP contribution is 2.23. The fourth-order valence-electron chi connectivity index (χ4n) is 2.89. The highest BCUT2D eigenvalue weighted by atomic mass is 16.4. The molecular formula is C15H19N3O2. The number of imidazole rings is 1. The SMILES string of the molecule is CC(C(=O)O)n1c(CN2CCCC2)nc2ccccc21. The van der Waals surface area contributed by atoms with Crippen molar-refractivity contribution in [3.63, 3.8) is 0 Å². The highest BCUT2D eigenvalue weighted by molar-refractivity contribution is 5.80. The Kier molecular flexibility index (Phi) is 3.44. The van der Waals surface area contributed by atoms with Crippen molar-refractivity contribution < 1.29 is 9.90 Å². The molecule has 1 aliphatic rings. The summed E-state index contributed by atoms with van der Waals surface area (Å²) >= 11 is 0. The molecule has 0 amide bonds. The molecule has 1 aromatic heterocycles. The molecule has 5 heteroatoms. The maximum atomic E-state index is 11.4. The van der Waals surface area contributed by atoms with E-state index < -0.39 is 12.0 Å². The van der Waals surface area contributed by atoms with E-state index in [0.717, 1.165) is 36.5 Å². The van der Waals surface area contributed by atoms with E-state index >= 15 is 0 Å². The zero-order chi connectivity index (χ0) is 14.1. The lowest BCUT2D eigenvalue weighted by Gasteiger charge is -2.18. The number of hydrogen-bond donors (Lipinski definition) is 1. The maximum absolute atomic E-state index is 11.4. The minimum atomic E-state index is -0.823. The zero-order valence-corrected chi connectivity index (χ0v) is 11.6. The Labute approximate surface area is 117 Å². The maximum Gasteiger partial charge on any atom is 0.326 e. The molecule has 5 nitrogen and oxygen atoms in total. The van der Waals surface area contributed by atoms with Gasteiger partial charge in [-0.1, -0.05) is 12.1 Å². The predicted molar refractivity (Wildman–Crippen MR) is 76.6 cm³/mol. The summed E-state index contributed by atoms with van der Waals surface area (Å²) in [4.78, 5) is 18.3. The second kappa shape index (κ2) is 5.25. The first-order chi connectivity index (χ1) is 9.66. The van der Waals surface area contributed by atoms with E-state index in [9.17, 15) is 9.90 Å². The number of carboxylic acid groups (broad SMARTS) is 1. The summed E-state index contributed by atoms with van der Waals surface area (Å²) in [6.07, 6.45) is 2.43. The lowest BCUT2D eigenvalue weighted by molar-refractivity contribution is -0.140. The number of rotatable bonds is 4. The van der Waals surface area contributed by atoms with E-state index in [2.05, 4.69) is 9.88 Å². The summed E-state index contributed by atoms with van der Waals surface area (Å²) in [6, 6.07) is 7.14. The van der Waals surface area contributed by atoms with E-state index in [4.69, 9.17) is 0 Å². The third-order valence-electron chi connectivity index (χ3n) is 3.98. The van der Waals surface area contributed by atoms with Crippen LogP contribution in [0.2, 0.25) is 0 Å². The zero-order valence-electron chi connectivity index (χ0n) is 11.6. The molecule has 3 rings (SSSR count). The number of para-hydroxylation sites is 2. The molecule has 1 aromatic carbocycles. The van der Waals surface area contributed by atoms with Gasteiger partial charge in [0.25, 0.3) is 0 Å². The summed E-state index contributed by atoms with van der Waals surface area (Å²) in [5, 5.41) is 9.34. The van der Waals surface area contributed by atoms with Crippen LogP contribution in [0, 0.1) is 0 Å². The number of carbonyl (C=O) groups is 1. The fraction of sp³-hybridized carbons (Fsp3) is 0.467. The topological polar surface area (TPSA) is 58.4 Å². The van der Waals surface area contributed by atoms with Crippen LogP contribution in [-0.2, 0) is 11.3 Å². The Morgan fingerprint density at radius 3 is 2.75 bits per heavy atom. The van der Waals surface area contributed by atoms with Gasteiger partial charge in [-0.2, -0.15) is 0 Å². The molecule has 1 fully saturated rings. The van der Waals surface area contributed by atoms with Crippen molar-refractivity contribution in [3.8, 4) is 0 Å². The number of nitrogens with zero attached hydrogens (tertiary/aromatic N) is 3. The van der Waals surface area contributed by atoms with Crippen molar-refractivity contribution >= 4 is 17.0 Å². The summed E-state index contributed by atoms with van der Waals surface area (Å²) in [7, 11) is 0. The van der Waals surface area contributed by atoms with Gasteiger partial charge in [-0.3, -0.25) is 4.90 Å². The molecule has 0 aliphatic carbocycles. The van der Waals surface area contributed by atoms with Crippen LogP contribution in [-0.4, -0.2) is 38.6 Å². The van der Waals surface area contributed by atoms with Gasteiger partial charge in [0.15, 0.2) is 0 Å². The number of aromatic nitrogens is 2. The van der Waals surface area contributed by atoms with Gasteiger partial charge >= 0.3 is 5.97 Å². The predicted octanol–water partition coefficient (Wildman–Crippen LogP) is 2.28. The first-order valence-electron chi connectivity index (χ1n) is 7.08. The number of carboxylic acids is 1. The van der Waals surface area contributed by atoms with Gasteiger partial charge < -0.3 is 9.67 Å². The molecular weight excluding hydrogens is 254 g/mol. The van der Waals surface area contributed by atoms with E-state index in [-0.39, 0.29) is 0 Å². The van der Waals surface area contributed by atoms with Gasteiger partial charge in [0, 0.05) is 0 Å². The van der Waals surface area contributed by atoms with Gasteiger partial charge in [0.2, 0.25) is 0 Å². The van der Waals surface area contributed by atoms with Crippen molar-refractivity contribution in [2.45, 2.75) is 32.4 Å². The first-order valence-corrected chi connectivity index (χ1v) is 7.08. The lowest BCUT2D eigenvalue weighted by atomic mass is 10.2. The molecule has 2 aromatic rings. The van der Waals surface area contributed by atoms with Crippen molar-refractivity contribution in [1.29, 1.82) is 0 Å². The minimum Gasteiger partial charge on any atom is -0.480 e. The van der Waals surface area contributed by atoms with Crippen molar-refractivity contribution in [2.24, 2.45) is 0 Å². The van der Waals surface area contributed by atoms with Crippen molar-refractivity contribution in [2.75, 3.05) is 13.1 Å². The van der Waals surface area contributed by atoms with Gasteiger partial charge in [-0.05, 0) is 45.0 Å². The molecule has 0 bridgehead atoms. The van der Waals surface area contributed by atoms with Crippen molar-refractivity contribution in [3.05, 3.63) is 30.1 Å². The number of likely N-dealkylation sites (tertiary alicyclic amines) is 1. The van der Waals surface area contributed by atoms with E-state index in [1.807, 2.05) is 28.8 Å². The summed E-state index contributed by atoms with van der Waals surface area (Å²) < 4.78 is 1.86. The van der Waals surface area contributed by atoms with E-state index in [1.165, 1.54) is 12.8 Å². The third-order valence-corrected chi connectivity index (χ3v) is 3.98. The Morgan fingerprint density at radius 2 is 2.05 bits per heavy atom. The van der Waals surface area contributed by atoms with Crippen LogP contribution >= 0.6 is 0 Å². The molecule has 1 saturated heterocycles. The largest absolute Gasteiger partial charge is 0.480 e. The van der Waals surface area contributed by atoms with Crippen LogP contribution < -0.4 is 0 Å². The summed E-state index contributed by atoms with van der Waals surface area (Å²) in [5.74, 6) is 0.0267. The molecule has 0 saturated carbocycles. The quantitative estimate of drug-likeness (QED) is 0.928. The average molecular weight is 273 g/mol. The smallest absolute Gasteiger partial charge is 0.326 e. The van der Waals surface area contributed by atoms with Crippen LogP contribution in [0.3, 0.4) is 0 Å². The standard InChI is InChI=1S/C15H19N3O2/c1-11(15(19)20)18-13-7-3-2-6-12(13)16-14(18)10-17-8-4-5-9-17/h2-3,6-7,11H,4-5,8-10H2,1H3,(H,19,20). The molecule has 106 valence electrons. The van der Waals surface area contributed by atoms with Crippen LogP contribution in [0.15, 0.2) is 24.3 Å². The Morgan fingerprint density at radius 1 is 1.35 bits per heavy atom. The molecule has 0 radical (unpaired) electrons. The Bertz CT molecular complexity index is 629. The second-order valence-corrected chi connectivity index (χ2v) is 5.38. The Balaban J connectivity index is 2.04. The summed E-state index contributed by atoms with van der Waals surface area (Å²) in [5.41, 5.74) is 1.77. The Hall–Kier alpha value is -1.88. The average Bonchev–Trinajstić information content (AvgIpc) is 3.05. The number of aliphatic carboxylic acids is 1. The monoisotopic (exact) mass is 273 g/mol. The second-order valence-electron chi connectivity index (χ2n) is 5.38. The fourth-order valence-corrected chi connectivity index (χ4v) is 2.89. The van der Waals surface area contributed by atoms with E-state index in [1.54, 1.807) is 6.92 Å². The third kappa shape index (κ3) is 2.29. The molecule has 2 heterocycles. The molecule has 1 atom stereocenters. The van der Waals surface area contributed by atoms with Crippen LogP contribution in [0.4, 0.5) is 0 Å². The highest BCUT2D eigenvalue weighted by Gasteiger charge is 2.23. The number of hydrogen-bond acceptors (Lipinski definition) is 3.